The molecule has 1 heterocycles. The van der Waals surface area contributed by atoms with Gasteiger partial charge in [-0.1, -0.05) is 48.0 Å². The summed E-state index contributed by atoms with van der Waals surface area (Å²) in [5.74, 6) is 0. The number of piperazine rings is 1. The molecular weight excluding hydrogens is 292 g/mol. The topological polar surface area (TPSA) is 6.48 Å². The van der Waals surface area contributed by atoms with Gasteiger partial charge >= 0.3 is 0 Å². The Kier molecular flexibility index (Phi) is 4.70. The van der Waals surface area contributed by atoms with Gasteiger partial charge in [0.05, 0.1) is 0 Å². The number of halogens is 1. The van der Waals surface area contributed by atoms with Crippen molar-refractivity contribution in [2.24, 2.45) is 0 Å². The third kappa shape index (κ3) is 3.29. The Labute approximate surface area is 138 Å². The van der Waals surface area contributed by atoms with Crippen LogP contribution in [0, 0.1) is 6.92 Å². The molecule has 1 aliphatic rings. The van der Waals surface area contributed by atoms with Gasteiger partial charge in [0.1, 0.15) is 0 Å². The summed E-state index contributed by atoms with van der Waals surface area (Å²) >= 11 is 6.26. The number of nitrogens with zero attached hydrogens (tertiary/aromatic N) is 2. The number of anilines is 1. The summed E-state index contributed by atoms with van der Waals surface area (Å²) < 4.78 is 0. The van der Waals surface area contributed by atoms with Crippen LogP contribution in [0.1, 0.15) is 24.1 Å². The number of hydrogen-bond donors (Lipinski definition) is 0. The lowest BCUT2D eigenvalue weighted by atomic mass is 10.1. The third-order valence-electron chi connectivity index (χ3n) is 4.66. The molecule has 1 unspecified atom stereocenters. The summed E-state index contributed by atoms with van der Waals surface area (Å²) in [6.45, 7) is 8.62. The van der Waals surface area contributed by atoms with E-state index >= 15 is 0 Å². The molecule has 0 N–H and O–H groups in total. The number of hydrogen-bond acceptors (Lipinski definition) is 2. The van der Waals surface area contributed by atoms with Gasteiger partial charge in [-0.25, -0.2) is 0 Å². The first kappa shape index (κ1) is 15.4. The molecule has 0 aromatic heterocycles. The van der Waals surface area contributed by atoms with Gasteiger partial charge in [-0.05, 0) is 37.1 Å². The van der Waals surface area contributed by atoms with Gasteiger partial charge in [-0.2, -0.15) is 0 Å². The van der Waals surface area contributed by atoms with Crippen molar-refractivity contribution in [2.45, 2.75) is 19.9 Å². The Morgan fingerprint density at radius 2 is 1.64 bits per heavy atom. The molecule has 0 spiro atoms. The minimum absolute atomic E-state index is 0.477. The predicted octanol–water partition coefficient (Wildman–Crippen LogP) is 4.53. The highest BCUT2D eigenvalue weighted by atomic mass is 35.5. The molecule has 1 fully saturated rings. The van der Waals surface area contributed by atoms with Crippen LogP contribution in [0.15, 0.2) is 48.5 Å². The van der Waals surface area contributed by atoms with Crippen LogP contribution in [0.3, 0.4) is 0 Å². The second-order valence-corrected chi connectivity index (χ2v) is 6.45. The molecule has 1 atom stereocenters. The Hall–Kier alpha value is -1.51. The lowest BCUT2D eigenvalue weighted by Crippen LogP contribution is -2.47. The van der Waals surface area contributed by atoms with E-state index in [1.807, 2.05) is 6.92 Å². The van der Waals surface area contributed by atoms with Crippen LogP contribution >= 0.6 is 11.6 Å². The highest BCUT2D eigenvalue weighted by Crippen LogP contribution is 2.26. The van der Waals surface area contributed by atoms with Crippen LogP contribution in [-0.4, -0.2) is 31.1 Å². The van der Waals surface area contributed by atoms with Gasteiger partial charge in [0.2, 0.25) is 0 Å². The van der Waals surface area contributed by atoms with Gasteiger partial charge in [0.25, 0.3) is 0 Å². The van der Waals surface area contributed by atoms with Crippen LogP contribution < -0.4 is 4.90 Å². The van der Waals surface area contributed by atoms with Crippen molar-refractivity contribution in [1.29, 1.82) is 0 Å². The third-order valence-corrected chi connectivity index (χ3v) is 5.07. The lowest BCUT2D eigenvalue weighted by molar-refractivity contribution is 0.198. The Balaban J connectivity index is 1.64. The van der Waals surface area contributed by atoms with Gasteiger partial charge < -0.3 is 4.90 Å². The van der Waals surface area contributed by atoms with Crippen LogP contribution in [-0.2, 0) is 0 Å². The van der Waals surface area contributed by atoms with Crippen molar-refractivity contribution >= 4 is 17.3 Å². The summed E-state index contributed by atoms with van der Waals surface area (Å²) in [6.07, 6.45) is 0. The summed E-state index contributed by atoms with van der Waals surface area (Å²) in [5.41, 5.74) is 3.78. The molecule has 3 rings (SSSR count). The number of aryl methyl sites for hydroxylation is 1. The molecule has 1 aliphatic heterocycles. The maximum Gasteiger partial charge on any atom is 0.0455 e. The molecule has 22 heavy (non-hydrogen) atoms. The fourth-order valence-corrected chi connectivity index (χ4v) is 3.26. The van der Waals surface area contributed by atoms with E-state index in [4.69, 9.17) is 11.6 Å². The van der Waals surface area contributed by atoms with Gasteiger partial charge in [0, 0.05) is 42.9 Å². The first-order valence-corrected chi connectivity index (χ1v) is 8.33. The Bertz CT molecular complexity index is 619. The zero-order valence-corrected chi connectivity index (χ0v) is 14.1. The second kappa shape index (κ2) is 6.72. The molecule has 2 aromatic carbocycles. The molecule has 0 amide bonds. The van der Waals surface area contributed by atoms with E-state index in [1.54, 1.807) is 0 Å². The largest absolute Gasteiger partial charge is 0.369 e. The molecule has 2 aromatic rings. The Morgan fingerprint density at radius 1 is 0.955 bits per heavy atom. The number of rotatable bonds is 3. The van der Waals surface area contributed by atoms with Gasteiger partial charge in [-0.15, -0.1) is 0 Å². The van der Waals surface area contributed by atoms with E-state index in [2.05, 4.69) is 65.3 Å². The van der Waals surface area contributed by atoms with Crippen molar-refractivity contribution in [1.82, 2.24) is 4.90 Å². The van der Waals surface area contributed by atoms with Crippen LogP contribution in [0.25, 0.3) is 0 Å². The normalized spacial score (nSPS) is 17.5. The zero-order chi connectivity index (χ0) is 15.5. The van der Waals surface area contributed by atoms with Crippen molar-refractivity contribution < 1.29 is 0 Å². The van der Waals surface area contributed by atoms with Crippen LogP contribution in [0.5, 0.6) is 0 Å². The highest BCUT2D eigenvalue weighted by molar-refractivity contribution is 6.31. The van der Waals surface area contributed by atoms with Crippen molar-refractivity contribution in [3.63, 3.8) is 0 Å². The first-order chi connectivity index (χ1) is 10.6. The van der Waals surface area contributed by atoms with E-state index in [-0.39, 0.29) is 0 Å². The molecule has 1 saturated heterocycles. The summed E-state index contributed by atoms with van der Waals surface area (Å²) in [6, 6.07) is 17.6. The fourth-order valence-electron chi connectivity index (χ4n) is 3.09. The SMILES string of the molecule is Cc1ccc(N2CCN(C(C)c3ccccc3)CC2)cc1Cl. The monoisotopic (exact) mass is 314 g/mol. The fraction of sp³-hybridized carbons (Fsp3) is 0.368. The lowest BCUT2D eigenvalue weighted by Gasteiger charge is -2.39. The summed E-state index contributed by atoms with van der Waals surface area (Å²) in [5, 5.41) is 0.859. The van der Waals surface area contributed by atoms with E-state index in [1.165, 1.54) is 11.3 Å². The smallest absolute Gasteiger partial charge is 0.0455 e. The molecule has 0 radical (unpaired) electrons. The van der Waals surface area contributed by atoms with Gasteiger partial charge in [-0.3, -0.25) is 4.90 Å². The molecular formula is C19H23ClN2. The average Bonchev–Trinajstić information content (AvgIpc) is 2.58. The van der Waals surface area contributed by atoms with Crippen LogP contribution in [0.4, 0.5) is 5.69 Å². The first-order valence-electron chi connectivity index (χ1n) is 7.95. The Morgan fingerprint density at radius 3 is 2.27 bits per heavy atom. The highest BCUT2D eigenvalue weighted by Gasteiger charge is 2.22. The molecule has 3 heteroatoms. The summed E-state index contributed by atoms with van der Waals surface area (Å²) in [4.78, 5) is 4.99. The van der Waals surface area contributed by atoms with E-state index in [9.17, 15) is 0 Å². The molecule has 0 aliphatic carbocycles. The maximum absolute atomic E-state index is 6.26. The molecule has 0 saturated carbocycles. The quantitative estimate of drug-likeness (QED) is 0.821. The standard InChI is InChI=1S/C19H23ClN2/c1-15-8-9-18(14-19(15)20)22-12-10-21(11-13-22)16(2)17-6-4-3-5-7-17/h3-9,14,16H,10-13H2,1-2H3. The minimum Gasteiger partial charge on any atom is -0.369 e. The van der Waals surface area contributed by atoms with Gasteiger partial charge in [0.15, 0.2) is 0 Å². The van der Waals surface area contributed by atoms with E-state index in [0.717, 1.165) is 36.8 Å². The molecule has 2 nitrogen and oxygen atoms in total. The van der Waals surface area contributed by atoms with Crippen molar-refractivity contribution in [3.8, 4) is 0 Å². The maximum atomic E-state index is 6.26. The minimum atomic E-state index is 0.477. The molecule has 0 bridgehead atoms. The summed E-state index contributed by atoms with van der Waals surface area (Å²) in [7, 11) is 0. The van der Waals surface area contributed by atoms with E-state index in [0.29, 0.717) is 6.04 Å². The zero-order valence-electron chi connectivity index (χ0n) is 13.3. The van der Waals surface area contributed by atoms with Crippen molar-refractivity contribution in [3.05, 3.63) is 64.7 Å². The van der Waals surface area contributed by atoms with Crippen LogP contribution in [0.2, 0.25) is 5.02 Å². The number of benzene rings is 2. The average molecular weight is 315 g/mol. The predicted molar refractivity (Wildman–Crippen MR) is 94.8 cm³/mol. The molecule has 116 valence electrons. The second-order valence-electron chi connectivity index (χ2n) is 6.04. The van der Waals surface area contributed by atoms with E-state index < -0.39 is 0 Å². The van der Waals surface area contributed by atoms with Crippen molar-refractivity contribution in [2.75, 3.05) is 31.1 Å².